The molecule has 0 unspecified atom stereocenters. The summed E-state index contributed by atoms with van der Waals surface area (Å²) in [5, 5.41) is 3.08. The maximum atomic E-state index is 13.3. The Labute approximate surface area is 141 Å². The van der Waals surface area contributed by atoms with E-state index < -0.39 is 0 Å². The van der Waals surface area contributed by atoms with Crippen LogP contribution in [-0.4, -0.2) is 54.0 Å². The average Bonchev–Trinajstić information content (AvgIpc) is 3.10. The maximum absolute atomic E-state index is 13.3. The quantitative estimate of drug-likeness (QED) is 0.904. The molecule has 0 spiro atoms. The van der Waals surface area contributed by atoms with E-state index in [1.165, 1.54) is 25.0 Å². The van der Waals surface area contributed by atoms with E-state index in [0.29, 0.717) is 43.3 Å². The molecule has 1 aliphatic carbocycles. The summed E-state index contributed by atoms with van der Waals surface area (Å²) in [6.45, 7) is 3.73. The minimum Gasteiger partial charge on any atom is -0.335 e. The largest absolute Gasteiger partial charge is 0.335 e. The molecule has 3 rings (SSSR count). The molecule has 2 aliphatic rings. The molecule has 24 heavy (non-hydrogen) atoms. The van der Waals surface area contributed by atoms with Crippen molar-refractivity contribution >= 4 is 11.9 Å². The molecule has 0 aromatic heterocycles. The van der Waals surface area contributed by atoms with Crippen molar-refractivity contribution in [2.75, 3.05) is 26.2 Å². The number of aryl methyl sites for hydroxylation is 1. The number of urea groups is 1. The van der Waals surface area contributed by atoms with E-state index in [4.69, 9.17) is 0 Å². The molecule has 130 valence electrons. The highest BCUT2D eigenvalue weighted by molar-refractivity contribution is 5.94. The molecular formula is C18H24FN3O2. The number of hydrogen-bond acceptors (Lipinski definition) is 2. The van der Waals surface area contributed by atoms with Crippen LogP contribution in [0.2, 0.25) is 0 Å². The number of carbonyl (C=O) groups excluding carboxylic acids is 2. The lowest BCUT2D eigenvalue weighted by Crippen LogP contribution is -2.54. The number of halogens is 1. The number of hydrogen-bond donors (Lipinski definition) is 1. The standard InChI is InChI=1S/C18H24FN3O2/c1-13-12-14(6-7-16(13)19)17(23)21-8-10-22(11-9-21)18(24)20-15-4-2-3-5-15/h6-7,12,15H,2-5,8-11H2,1H3,(H,20,24). The van der Waals surface area contributed by atoms with Crippen LogP contribution in [0.4, 0.5) is 9.18 Å². The van der Waals surface area contributed by atoms with Crippen LogP contribution in [-0.2, 0) is 0 Å². The van der Waals surface area contributed by atoms with Crippen molar-refractivity contribution in [2.24, 2.45) is 0 Å². The fraction of sp³-hybridized carbons (Fsp3) is 0.556. The summed E-state index contributed by atoms with van der Waals surface area (Å²) in [6, 6.07) is 4.71. The summed E-state index contributed by atoms with van der Waals surface area (Å²) in [4.78, 5) is 28.3. The van der Waals surface area contributed by atoms with Crippen LogP contribution in [0.1, 0.15) is 41.6 Å². The topological polar surface area (TPSA) is 52.7 Å². The van der Waals surface area contributed by atoms with Crippen LogP contribution >= 0.6 is 0 Å². The first-order valence-corrected chi connectivity index (χ1v) is 8.65. The van der Waals surface area contributed by atoms with Gasteiger partial charge in [0.2, 0.25) is 0 Å². The molecule has 0 bridgehead atoms. The number of nitrogens with zero attached hydrogens (tertiary/aromatic N) is 2. The van der Waals surface area contributed by atoms with Gasteiger partial charge in [-0.3, -0.25) is 4.79 Å². The van der Waals surface area contributed by atoms with E-state index in [1.54, 1.807) is 22.8 Å². The predicted octanol–water partition coefficient (Wildman–Crippen LogP) is 2.54. The lowest BCUT2D eigenvalue weighted by molar-refractivity contribution is 0.0663. The van der Waals surface area contributed by atoms with Crippen molar-refractivity contribution in [1.82, 2.24) is 15.1 Å². The lowest BCUT2D eigenvalue weighted by Gasteiger charge is -2.35. The first-order valence-electron chi connectivity index (χ1n) is 8.65. The number of piperazine rings is 1. The normalized spacial score (nSPS) is 18.8. The van der Waals surface area contributed by atoms with Gasteiger partial charge in [0.1, 0.15) is 5.82 Å². The van der Waals surface area contributed by atoms with Gasteiger partial charge < -0.3 is 15.1 Å². The summed E-state index contributed by atoms with van der Waals surface area (Å²) in [7, 11) is 0. The van der Waals surface area contributed by atoms with Crippen molar-refractivity contribution in [3.05, 3.63) is 35.1 Å². The van der Waals surface area contributed by atoms with Gasteiger partial charge in [0.15, 0.2) is 0 Å². The summed E-state index contributed by atoms with van der Waals surface area (Å²) in [6.07, 6.45) is 4.50. The van der Waals surface area contributed by atoms with Gasteiger partial charge in [-0.25, -0.2) is 9.18 Å². The van der Waals surface area contributed by atoms with E-state index in [1.807, 2.05) is 0 Å². The molecule has 2 fully saturated rings. The Morgan fingerprint density at radius 2 is 1.71 bits per heavy atom. The second-order valence-corrected chi connectivity index (χ2v) is 6.67. The first-order chi connectivity index (χ1) is 11.5. The summed E-state index contributed by atoms with van der Waals surface area (Å²) < 4.78 is 13.3. The van der Waals surface area contributed by atoms with Crippen LogP contribution in [0, 0.1) is 12.7 Å². The average molecular weight is 333 g/mol. The highest BCUT2D eigenvalue weighted by atomic mass is 19.1. The monoisotopic (exact) mass is 333 g/mol. The van der Waals surface area contributed by atoms with Crippen LogP contribution in [0.25, 0.3) is 0 Å². The van der Waals surface area contributed by atoms with Gasteiger partial charge in [-0.15, -0.1) is 0 Å². The fourth-order valence-corrected chi connectivity index (χ4v) is 3.41. The van der Waals surface area contributed by atoms with Crippen molar-refractivity contribution in [1.29, 1.82) is 0 Å². The van der Waals surface area contributed by atoms with E-state index >= 15 is 0 Å². The second kappa shape index (κ2) is 7.20. The highest BCUT2D eigenvalue weighted by Gasteiger charge is 2.26. The Morgan fingerprint density at radius 3 is 2.33 bits per heavy atom. The second-order valence-electron chi connectivity index (χ2n) is 6.67. The van der Waals surface area contributed by atoms with Gasteiger partial charge in [-0.05, 0) is 43.5 Å². The molecule has 6 heteroatoms. The molecule has 1 aromatic carbocycles. The Balaban J connectivity index is 1.53. The zero-order chi connectivity index (χ0) is 17.1. The molecule has 5 nitrogen and oxygen atoms in total. The van der Waals surface area contributed by atoms with Crippen LogP contribution in [0.5, 0.6) is 0 Å². The summed E-state index contributed by atoms with van der Waals surface area (Å²) in [5.74, 6) is -0.408. The van der Waals surface area contributed by atoms with Gasteiger partial charge in [-0.1, -0.05) is 12.8 Å². The molecule has 1 aliphatic heterocycles. The molecule has 1 aromatic rings. The third kappa shape index (κ3) is 3.68. The maximum Gasteiger partial charge on any atom is 0.317 e. The SMILES string of the molecule is Cc1cc(C(=O)N2CCN(C(=O)NC3CCCC3)CC2)ccc1F. The summed E-state index contributed by atoms with van der Waals surface area (Å²) in [5.41, 5.74) is 0.966. The minimum atomic E-state index is -0.306. The zero-order valence-electron chi connectivity index (χ0n) is 14.1. The molecule has 3 amide bonds. The van der Waals surface area contributed by atoms with Gasteiger partial charge in [0, 0.05) is 37.8 Å². The number of benzene rings is 1. The number of nitrogens with one attached hydrogen (secondary N) is 1. The Bertz CT molecular complexity index is 621. The molecule has 1 saturated carbocycles. The van der Waals surface area contributed by atoms with E-state index in [-0.39, 0.29) is 17.8 Å². The zero-order valence-corrected chi connectivity index (χ0v) is 14.1. The van der Waals surface area contributed by atoms with E-state index in [2.05, 4.69) is 5.32 Å². The molecule has 0 atom stereocenters. The third-order valence-corrected chi connectivity index (χ3v) is 4.94. The Hall–Kier alpha value is -2.11. The fourth-order valence-electron chi connectivity index (χ4n) is 3.41. The van der Waals surface area contributed by atoms with Gasteiger partial charge in [-0.2, -0.15) is 0 Å². The number of rotatable bonds is 2. The first kappa shape index (κ1) is 16.7. The molecule has 1 heterocycles. The van der Waals surface area contributed by atoms with Gasteiger partial charge in [0.25, 0.3) is 5.91 Å². The van der Waals surface area contributed by atoms with Crippen LogP contribution in [0.3, 0.4) is 0 Å². The molecule has 0 radical (unpaired) electrons. The van der Waals surface area contributed by atoms with E-state index in [0.717, 1.165) is 12.8 Å². The molecule has 1 N–H and O–H groups in total. The summed E-state index contributed by atoms with van der Waals surface area (Å²) >= 11 is 0. The van der Waals surface area contributed by atoms with E-state index in [9.17, 15) is 14.0 Å². The minimum absolute atomic E-state index is 0.0216. The Kier molecular flexibility index (Phi) is 5.02. The van der Waals surface area contributed by atoms with Crippen molar-refractivity contribution in [3.63, 3.8) is 0 Å². The Morgan fingerprint density at radius 1 is 1.08 bits per heavy atom. The van der Waals surface area contributed by atoms with Crippen molar-refractivity contribution in [3.8, 4) is 0 Å². The highest BCUT2D eigenvalue weighted by Crippen LogP contribution is 2.18. The molecule has 1 saturated heterocycles. The van der Waals surface area contributed by atoms with Crippen molar-refractivity contribution in [2.45, 2.75) is 38.6 Å². The van der Waals surface area contributed by atoms with Gasteiger partial charge >= 0.3 is 6.03 Å². The van der Waals surface area contributed by atoms with Crippen LogP contribution in [0.15, 0.2) is 18.2 Å². The predicted molar refractivity (Wildman–Crippen MR) is 89.4 cm³/mol. The lowest BCUT2D eigenvalue weighted by atomic mass is 10.1. The number of carbonyl (C=O) groups is 2. The third-order valence-electron chi connectivity index (χ3n) is 4.94. The smallest absolute Gasteiger partial charge is 0.317 e. The van der Waals surface area contributed by atoms with Crippen LogP contribution < -0.4 is 5.32 Å². The molecular weight excluding hydrogens is 309 g/mol. The van der Waals surface area contributed by atoms with Gasteiger partial charge in [0.05, 0.1) is 0 Å². The van der Waals surface area contributed by atoms with Crippen molar-refractivity contribution < 1.29 is 14.0 Å². The number of amides is 3.